The molecule has 1 aromatic carbocycles. The van der Waals surface area contributed by atoms with Crippen molar-refractivity contribution < 1.29 is 9.84 Å². The minimum atomic E-state index is -0.476. The van der Waals surface area contributed by atoms with Crippen LogP contribution in [0.5, 0.6) is 5.75 Å². The van der Waals surface area contributed by atoms with Gasteiger partial charge in [0.05, 0.1) is 11.8 Å². The van der Waals surface area contributed by atoms with Crippen LogP contribution in [-0.2, 0) is 6.61 Å². The molecule has 102 valence electrons. The number of thiazole rings is 1. The minimum Gasteiger partial charge on any atom is -0.486 e. The Balaban J connectivity index is 2.11. The molecule has 0 aliphatic heterocycles. The highest BCUT2D eigenvalue weighted by Crippen LogP contribution is 2.28. The van der Waals surface area contributed by atoms with Crippen LogP contribution in [0.2, 0.25) is 0 Å². The Kier molecular flexibility index (Phi) is 4.56. The lowest BCUT2D eigenvalue weighted by Gasteiger charge is -2.14. The van der Waals surface area contributed by atoms with Gasteiger partial charge in [-0.3, -0.25) is 0 Å². The average molecular weight is 277 g/mol. The van der Waals surface area contributed by atoms with Crippen LogP contribution >= 0.6 is 11.3 Å². The second-order valence-corrected chi connectivity index (χ2v) is 5.79. The summed E-state index contributed by atoms with van der Waals surface area (Å²) in [4.78, 5) is 5.67. The van der Waals surface area contributed by atoms with Gasteiger partial charge in [0, 0.05) is 10.4 Å². The van der Waals surface area contributed by atoms with Gasteiger partial charge in [0.2, 0.25) is 0 Å². The summed E-state index contributed by atoms with van der Waals surface area (Å²) in [7, 11) is 0. The number of aromatic nitrogens is 1. The summed E-state index contributed by atoms with van der Waals surface area (Å²) in [6.45, 7) is 6.47. The van der Waals surface area contributed by atoms with Gasteiger partial charge in [-0.05, 0) is 26.3 Å². The van der Waals surface area contributed by atoms with Crippen molar-refractivity contribution in [2.24, 2.45) is 0 Å². The monoisotopic (exact) mass is 277 g/mol. The fourth-order valence-corrected chi connectivity index (χ4v) is 2.69. The lowest BCUT2D eigenvalue weighted by Crippen LogP contribution is -2.02. The summed E-state index contributed by atoms with van der Waals surface area (Å²) >= 11 is 1.66. The number of hydrogen-bond donors (Lipinski definition) is 1. The number of ether oxygens (including phenoxy) is 1. The summed E-state index contributed by atoms with van der Waals surface area (Å²) in [5.41, 5.74) is 1.90. The summed E-state index contributed by atoms with van der Waals surface area (Å²) < 4.78 is 5.80. The zero-order valence-corrected chi connectivity index (χ0v) is 12.3. The third-order valence-corrected chi connectivity index (χ3v) is 4.14. The van der Waals surface area contributed by atoms with Crippen molar-refractivity contribution in [2.45, 2.75) is 39.9 Å². The molecule has 19 heavy (non-hydrogen) atoms. The molecule has 1 atom stereocenters. The first-order chi connectivity index (χ1) is 9.11. The molecule has 0 amide bonds. The molecule has 2 aromatic rings. The fraction of sp³-hybridized carbons (Fsp3) is 0.400. The van der Waals surface area contributed by atoms with E-state index in [4.69, 9.17) is 4.74 Å². The van der Waals surface area contributed by atoms with E-state index >= 15 is 0 Å². The minimum absolute atomic E-state index is 0.451. The van der Waals surface area contributed by atoms with E-state index in [1.165, 1.54) is 4.88 Å². The van der Waals surface area contributed by atoms with Crippen LogP contribution in [0.3, 0.4) is 0 Å². The Morgan fingerprint density at radius 1 is 1.32 bits per heavy atom. The first kappa shape index (κ1) is 14.0. The van der Waals surface area contributed by atoms with Gasteiger partial charge in [-0.25, -0.2) is 4.98 Å². The Bertz CT molecular complexity index is 531. The van der Waals surface area contributed by atoms with E-state index in [-0.39, 0.29) is 0 Å². The highest BCUT2D eigenvalue weighted by Gasteiger charge is 2.12. The van der Waals surface area contributed by atoms with Crippen molar-refractivity contribution in [3.63, 3.8) is 0 Å². The number of rotatable bonds is 5. The quantitative estimate of drug-likeness (QED) is 0.904. The van der Waals surface area contributed by atoms with Crippen LogP contribution in [0, 0.1) is 13.8 Å². The number of benzene rings is 1. The number of aliphatic hydroxyl groups excluding tert-OH is 1. The summed E-state index contributed by atoms with van der Waals surface area (Å²) in [5, 5.41) is 10.9. The van der Waals surface area contributed by atoms with Gasteiger partial charge in [0.1, 0.15) is 17.4 Å². The molecule has 0 spiro atoms. The number of aliphatic hydroxyl groups is 1. The number of nitrogens with zero attached hydrogens (tertiary/aromatic N) is 1. The van der Waals surface area contributed by atoms with E-state index in [0.29, 0.717) is 13.0 Å². The largest absolute Gasteiger partial charge is 0.486 e. The van der Waals surface area contributed by atoms with Gasteiger partial charge >= 0.3 is 0 Å². The number of aryl methyl sites for hydroxylation is 2. The summed E-state index contributed by atoms with van der Waals surface area (Å²) in [6.07, 6.45) is 0.200. The normalized spacial score (nSPS) is 12.4. The molecule has 1 aromatic heterocycles. The topological polar surface area (TPSA) is 42.4 Å². The van der Waals surface area contributed by atoms with Gasteiger partial charge in [0.15, 0.2) is 0 Å². The molecule has 0 unspecified atom stereocenters. The highest BCUT2D eigenvalue weighted by atomic mass is 32.1. The Hall–Kier alpha value is -1.39. The molecule has 3 nitrogen and oxygen atoms in total. The number of hydrogen-bond acceptors (Lipinski definition) is 4. The predicted octanol–water partition coefficient (Wildman–Crippen LogP) is 3.78. The summed E-state index contributed by atoms with van der Waals surface area (Å²) in [6, 6.07) is 7.63. The van der Waals surface area contributed by atoms with Crippen molar-refractivity contribution in [3.05, 3.63) is 45.4 Å². The van der Waals surface area contributed by atoms with Crippen LogP contribution < -0.4 is 4.74 Å². The third-order valence-electron chi connectivity index (χ3n) is 3.09. The predicted molar refractivity (Wildman–Crippen MR) is 77.6 cm³/mol. The molecule has 0 saturated carbocycles. The Morgan fingerprint density at radius 3 is 2.68 bits per heavy atom. The fourth-order valence-electron chi connectivity index (χ4n) is 1.85. The first-order valence-corrected chi connectivity index (χ1v) is 7.26. The second-order valence-electron chi connectivity index (χ2n) is 4.50. The van der Waals surface area contributed by atoms with Crippen LogP contribution in [0.25, 0.3) is 0 Å². The lowest BCUT2D eigenvalue weighted by atomic mass is 10.1. The zero-order chi connectivity index (χ0) is 13.8. The molecule has 0 radical (unpaired) electrons. The van der Waals surface area contributed by atoms with Crippen LogP contribution in [0.1, 0.15) is 40.6 Å². The molecule has 0 saturated heterocycles. The van der Waals surface area contributed by atoms with Gasteiger partial charge in [-0.15, -0.1) is 11.3 Å². The standard InChI is InChI=1S/C15H19NO2S/c1-4-13(17)12-7-5-6-8-14(12)18-9-15-16-10(2)11(3)19-15/h5-8,13,17H,4,9H2,1-3H3/t13-/m0/s1. The summed E-state index contributed by atoms with van der Waals surface area (Å²) in [5.74, 6) is 0.738. The van der Waals surface area contributed by atoms with Crippen molar-refractivity contribution >= 4 is 11.3 Å². The van der Waals surface area contributed by atoms with Crippen LogP contribution in [0.15, 0.2) is 24.3 Å². The molecule has 1 N–H and O–H groups in total. The molecule has 4 heteroatoms. The molecule has 0 aliphatic rings. The molecule has 2 rings (SSSR count). The lowest BCUT2D eigenvalue weighted by molar-refractivity contribution is 0.166. The van der Waals surface area contributed by atoms with E-state index in [1.807, 2.05) is 38.1 Å². The van der Waals surface area contributed by atoms with Gasteiger partial charge in [-0.2, -0.15) is 0 Å². The highest BCUT2D eigenvalue weighted by molar-refractivity contribution is 7.11. The van der Waals surface area contributed by atoms with Crippen molar-refractivity contribution in [1.82, 2.24) is 4.98 Å². The van der Waals surface area contributed by atoms with Crippen LogP contribution in [-0.4, -0.2) is 10.1 Å². The first-order valence-electron chi connectivity index (χ1n) is 6.44. The van der Waals surface area contributed by atoms with Crippen molar-refractivity contribution in [3.8, 4) is 5.75 Å². The molecule has 0 fully saturated rings. The van der Waals surface area contributed by atoms with E-state index in [2.05, 4.69) is 11.9 Å². The van der Waals surface area contributed by atoms with E-state index in [0.717, 1.165) is 22.0 Å². The van der Waals surface area contributed by atoms with E-state index in [9.17, 15) is 5.11 Å². The maximum absolute atomic E-state index is 9.96. The molecular formula is C15H19NO2S. The van der Waals surface area contributed by atoms with Crippen LogP contribution in [0.4, 0.5) is 0 Å². The van der Waals surface area contributed by atoms with Crippen molar-refractivity contribution in [2.75, 3.05) is 0 Å². The third kappa shape index (κ3) is 3.33. The molecule has 1 heterocycles. The second kappa shape index (κ2) is 6.17. The molecule has 0 bridgehead atoms. The van der Waals surface area contributed by atoms with Crippen molar-refractivity contribution in [1.29, 1.82) is 0 Å². The zero-order valence-electron chi connectivity index (χ0n) is 11.5. The SMILES string of the molecule is CC[C@H](O)c1ccccc1OCc1nc(C)c(C)s1. The molecular weight excluding hydrogens is 258 g/mol. The van der Waals surface area contributed by atoms with E-state index in [1.54, 1.807) is 11.3 Å². The van der Waals surface area contributed by atoms with Gasteiger partial charge < -0.3 is 9.84 Å². The maximum Gasteiger partial charge on any atom is 0.140 e. The average Bonchev–Trinajstić information content (AvgIpc) is 2.75. The van der Waals surface area contributed by atoms with Gasteiger partial charge in [0.25, 0.3) is 0 Å². The number of para-hydroxylation sites is 1. The Morgan fingerprint density at radius 2 is 2.05 bits per heavy atom. The van der Waals surface area contributed by atoms with Gasteiger partial charge in [-0.1, -0.05) is 25.1 Å². The Labute approximate surface area is 117 Å². The smallest absolute Gasteiger partial charge is 0.140 e. The van der Waals surface area contributed by atoms with E-state index < -0.39 is 6.10 Å². The maximum atomic E-state index is 9.96. The molecule has 0 aliphatic carbocycles.